The molecule has 126 valence electrons. The van der Waals surface area contributed by atoms with Crippen molar-refractivity contribution in [3.8, 4) is 0 Å². The molecule has 24 heavy (non-hydrogen) atoms. The molecule has 5 heteroatoms. The number of aromatic nitrogens is 1. The third-order valence-corrected chi connectivity index (χ3v) is 6.03. The smallest absolute Gasteiger partial charge is 0.254 e. The summed E-state index contributed by atoms with van der Waals surface area (Å²) < 4.78 is 0. The standard InChI is InChI=1S/C19H23N3OS/c23-18(16-5-11-24-13-16)22-10-7-19(15-22)6-3-9-21(14-19)12-17-4-1-2-8-20-17/h1-2,4-5,8,11,13H,3,6-7,9-10,12,14-15H2/t19-/m0/s1. The maximum absolute atomic E-state index is 12.6. The van der Waals surface area contributed by atoms with Crippen molar-refractivity contribution in [1.29, 1.82) is 0 Å². The number of nitrogens with zero attached hydrogens (tertiary/aromatic N) is 3. The second kappa shape index (κ2) is 6.65. The van der Waals surface area contributed by atoms with E-state index in [1.807, 2.05) is 29.1 Å². The maximum atomic E-state index is 12.6. The van der Waals surface area contributed by atoms with Gasteiger partial charge in [-0.1, -0.05) is 6.07 Å². The summed E-state index contributed by atoms with van der Waals surface area (Å²) >= 11 is 1.59. The molecule has 4 nitrogen and oxygen atoms in total. The molecular weight excluding hydrogens is 318 g/mol. The highest BCUT2D eigenvalue weighted by molar-refractivity contribution is 7.08. The molecule has 4 heterocycles. The minimum Gasteiger partial charge on any atom is -0.338 e. The highest BCUT2D eigenvalue weighted by Crippen LogP contribution is 2.39. The number of amides is 1. The van der Waals surface area contributed by atoms with Gasteiger partial charge in [-0.05, 0) is 49.4 Å². The lowest BCUT2D eigenvalue weighted by Crippen LogP contribution is -2.45. The Bertz CT molecular complexity index is 688. The summed E-state index contributed by atoms with van der Waals surface area (Å²) in [4.78, 5) is 21.7. The molecule has 0 radical (unpaired) electrons. The summed E-state index contributed by atoms with van der Waals surface area (Å²) in [5.74, 6) is 0.204. The lowest BCUT2D eigenvalue weighted by Gasteiger charge is -2.40. The number of thiophene rings is 1. The minimum absolute atomic E-state index is 0.204. The number of hydrogen-bond donors (Lipinski definition) is 0. The molecule has 0 saturated carbocycles. The number of rotatable bonds is 3. The Labute approximate surface area is 147 Å². The Morgan fingerprint density at radius 2 is 2.17 bits per heavy atom. The van der Waals surface area contributed by atoms with Crippen LogP contribution in [0.4, 0.5) is 0 Å². The van der Waals surface area contributed by atoms with Crippen LogP contribution >= 0.6 is 11.3 Å². The first-order chi connectivity index (χ1) is 11.7. The van der Waals surface area contributed by atoms with Crippen LogP contribution in [-0.2, 0) is 6.54 Å². The Balaban J connectivity index is 1.41. The van der Waals surface area contributed by atoms with Crippen LogP contribution in [0.5, 0.6) is 0 Å². The number of carbonyl (C=O) groups excluding carboxylic acids is 1. The van der Waals surface area contributed by atoms with Crippen LogP contribution in [-0.4, -0.2) is 46.9 Å². The molecule has 0 N–H and O–H groups in total. The van der Waals surface area contributed by atoms with Crippen LogP contribution in [0.25, 0.3) is 0 Å². The molecule has 0 bridgehead atoms. The first-order valence-corrected chi connectivity index (χ1v) is 9.62. The summed E-state index contributed by atoms with van der Waals surface area (Å²) in [5, 5.41) is 3.94. The Morgan fingerprint density at radius 1 is 1.21 bits per heavy atom. The van der Waals surface area contributed by atoms with Gasteiger partial charge in [-0.25, -0.2) is 0 Å². The van der Waals surface area contributed by atoms with E-state index in [1.165, 1.54) is 12.8 Å². The number of hydrogen-bond acceptors (Lipinski definition) is 4. The van der Waals surface area contributed by atoms with Crippen molar-refractivity contribution in [2.45, 2.75) is 25.8 Å². The Hall–Kier alpha value is -1.72. The Morgan fingerprint density at radius 3 is 2.96 bits per heavy atom. The van der Waals surface area contributed by atoms with Gasteiger partial charge in [0.25, 0.3) is 5.91 Å². The molecule has 2 aliphatic heterocycles. The van der Waals surface area contributed by atoms with Crippen molar-refractivity contribution in [2.24, 2.45) is 5.41 Å². The topological polar surface area (TPSA) is 36.4 Å². The van der Waals surface area contributed by atoms with Crippen LogP contribution in [0.3, 0.4) is 0 Å². The van der Waals surface area contributed by atoms with E-state index >= 15 is 0 Å². The van der Waals surface area contributed by atoms with E-state index < -0.39 is 0 Å². The highest BCUT2D eigenvalue weighted by Gasteiger charge is 2.42. The van der Waals surface area contributed by atoms with Gasteiger partial charge in [-0.2, -0.15) is 11.3 Å². The fourth-order valence-corrected chi connectivity index (χ4v) is 4.81. The summed E-state index contributed by atoms with van der Waals surface area (Å²) in [6.07, 6.45) is 5.44. The zero-order valence-corrected chi connectivity index (χ0v) is 14.7. The van der Waals surface area contributed by atoms with Crippen LogP contribution in [0.2, 0.25) is 0 Å². The van der Waals surface area contributed by atoms with Gasteiger partial charge in [0, 0.05) is 43.2 Å². The van der Waals surface area contributed by atoms with Crippen molar-refractivity contribution < 1.29 is 4.79 Å². The van der Waals surface area contributed by atoms with Gasteiger partial charge in [-0.3, -0.25) is 14.7 Å². The first kappa shape index (κ1) is 15.8. The average Bonchev–Trinajstić information content (AvgIpc) is 3.26. The summed E-state index contributed by atoms with van der Waals surface area (Å²) in [7, 11) is 0. The van der Waals surface area contributed by atoms with E-state index in [2.05, 4.69) is 26.9 Å². The third-order valence-electron chi connectivity index (χ3n) is 5.35. The average molecular weight is 341 g/mol. The largest absolute Gasteiger partial charge is 0.338 e. The van der Waals surface area contributed by atoms with E-state index in [4.69, 9.17) is 0 Å². The molecule has 2 saturated heterocycles. The summed E-state index contributed by atoms with van der Waals surface area (Å²) in [6, 6.07) is 8.06. The van der Waals surface area contributed by atoms with Gasteiger partial charge >= 0.3 is 0 Å². The fraction of sp³-hybridized carbons (Fsp3) is 0.474. The van der Waals surface area contributed by atoms with Crippen molar-refractivity contribution in [3.63, 3.8) is 0 Å². The number of pyridine rings is 1. The van der Waals surface area contributed by atoms with Gasteiger partial charge in [0.05, 0.1) is 11.3 Å². The molecule has 1 amide bonds. The number of likely N-dealkylation sites (tertiary alicyclic amines) is 2. The summed E-state index contributed by atoms with van der Waals surface area (Å²) in [6.45, 7) is 4.93. The molecule has 4 rings (SSSR count). The second-order valence-corrected chi connectivity index (χ2v) is 7.90. The maximum Gasteiger partial charge on any atom is 0.254 e. The van der Waals surface area contributed by atoms with Gasteiger partial charge < -0.3 is 4.90 Å². The molecule has 0 aliphatic carbocycles. The third kappa shape index (κ3) is 3.23. The van der Waals surface area contributed by atoms with E-state index in [9.17, 15) is 4.79 Å². The van der Waals surface area contributed by atoms with Crippen molar-refractivity contribution in [2.75, 3.05) is 26.2 Å². The second-order valence-electron chi connectivity index (χ2n) is 7.12. The van der Waals surface area contributed by atoms with E-state index in [0.717, 1.165) is 50.4 Å². The molecule has 2 aromatic rings. The molecule has 1 spiro atoms. The predicted molar refractivity (Wildman–Crippen MR) is 96.0 cm³/mol. The minimum atomic E-state index is 0.204. The van der Waals surface area contributed by atoms with Crippen LogP contribution in [0.1, 0.15) is 35.3 Å². The molecule has 0 aromatic carbocycles. The quantitative estimate of drug-likeness (QED) is 0.860. The molecule has 2 aromatic heterocycles. The number of piperidine rings is 1. The lowest BCUT2D eigenvalue weighted by atomic mass is 9.79. The number of carbonyl (C=O) groups is 1. The first-order valence-electron chi connectivity index (χ1n) is 8.68. The normalized spacial score (nSPS) is 24.6. The Kier molecular flexibility index (Phi) is 4.37. The van der Waals surface area contributed by atoms with E-state index in [-0.39, 0.29) is 11.3 Å². The molecule has 2 aliphatic rings. The van der Waals surface area contributed by atoms with Crippen LogP contribution < -0.4 is 0 Å². The monoisotopic (exact) mass is 341 g/mol. The SMILES string of the molecule is O=C(c1ccsc1)N1CC[C@]2(CCCN(Cc3ccccn3)C2)C1. The highest BCUT2D eigenvalue weighted by atomic mass is 32.1. The van der Waals surface area contributed by atoms with Crippen LogP contribution in [0, 0.1) is 5.41 Å². The summed E-state index contributed by atoms with van der Waals surface area (Å²) in [5.41, 5.74) is 2.26. The van der Waals surface area contributed by atoms with Crippen LogP contribution in [0.15, 0.2) is 41.2 Å². The molecule has 2 fully saturated rings. The van der Waals surface area contributed by atoms with Crippen molar-refractivity contribution >= 4 is 17.2 Å². The van der Waals surface area contributed by atoms with Crippen molar-refractivity contribution in [1.82, 2.24) is 14.8 Å². The van der Waals surface area contributed by atoms with Gasteiger partial charge in [0.15, 0.2) is 0 Å². The fourth-order valence-electron chi connectivity index (χ4n) is 4.18. The van der Waals surface area contributed by atoms with Gasteiger partial charge in [-0.15, -0.1) is 0 Å². The molecule has 0 unspecified atom stereocenters. The van der Waals surface area contributed by atoms with Crippen molar-refractivity contribution in [3.05, 3.63) is 52.5 Å². The molecular formula is C19H23N3OS. The zero-order chi connectivity index (χ0) is 16.4. The van der Waals surface area contributed by atoms with E-state index in [0.29, 0.717) is 0 Å². The molecule has 1 atom stereocenters. The lowest BCUT2D eigenvalue weighted by molar-refractivity contribution is 0.0673. The van der Waals surface area contributed by atoms with Gasteiger partial charge in [0.1, 0.15) is 0 Å². The predicted octanol–water partition coefficient (Wildman–Crippen LogP) is 3.27. The zero-order valence-electron chi connectivity index (χ0n) is 13.9. The van der Waals surface area contributed by atoms with E-state index in [1.54, 1.807) is 11.3 Å². The van der Waals surface area contributed by atoms with Gasteiger partial charge in [0.2, 0.25) is 0 Å².